The predicted molar refractivity (Wildman–Crippen MR) is 93.1 cm³/mol. The van der Waals surface area contributed by atoms with Gasteiger partial charge in [0, 0.05) is 11.8 Å². The SMILES string of the molecule is CCC(CC)c1cc(C)cc(-c2cc3ccsc3cn2)c1. The molecule has 1 aromatic carbocycles. The van der Waals surface area contributed by atoms with E-state index in [-0.39, 0.29) is 0 Å². The van der Waals surface area contributed by atoms with Gasteiger partial charge < -0.3 is 0 Å². The summed E-state index contributed by atoms with van der Waals surface area (Å²) in [5.74, 6) is 0.647. The second-order valence-electron chi connectivity index (χ2n) is 5.67. The molecule has 0 bridgehead atoms. The van der Waals surface area contributed by atoms with Gasteiger partial charge in [-0.2, -0.15) is 0 Å². The number of hydrogen-bond donors (Lipinski definition) is 0. The van der Waals surface area contributed by atoms with Crippen molar-refractivity contribution in [1.82, 2.24) is 4.98 Å². The first-order valence-electron chi connectivity index (χ1n) is 7.66. The molecule has 2 heteroatoms. The molecule has 0 aliphatic rings. The van der Waals surface area contributed by atoms with Crippen LogP contribution >= 0.6 is 11.3 Å². The highest BCUT2D eigenvalue weighted by molar-refractivity contribution is 7.17. The fraction of sp³-hybridized carbons (Fsp3) is 0.316. The number of aryl methyl sites for hydroxylation is 1. The van der Waals surface area contributed by atoms with Crippen LogP contribution in [0.25, 0.3) is 21.3 Å². The summed E-state index contributed by atoms with van der Waals surface area (Å²) in [6.07, 6.45) is 4.38. The highest BCUT2D eigenvalue weighted by Gasteiger charge is 2.10. The molecule has 0 unspecified atom stereocenters. The Kier molecular flexibility index (Phi) is 4.07. The van der Waals surface area contributed by atoms with E-state index >= 15 is 0 Å². The summed E-state index contributed by atoms with van der Waals surface area (Å²) < 4.78 is 1.26. The van der Waals surface area contributed by atoms with E-state index in [1.165, 1.54) is 39.6 Å². The lowest BCUT2D eigenvalue weighted by atomic mass is 9.90. The Balaban J connectivity index is 2.08. The van der Waals surface area contributed by atoms with Crippen LogP contribution in [0.1, 0.15) is 43.7 Å². The fourth-order valence-electron chi connectivity index (χ4n) is 2.98. The van der Waals surface area contributed by atoms with Gasteiger partial charge in [-0.25, -0.2) is 0 Å². The van der Waals surface area contributed by atoms with Gasteiger partial charge in [0.05, 0.1) is 10.4 Å². The first-order chi connectivity index (χ1) is 10.2. The topological polar surface area (TPSA) is 12.9 Å². The number of aromatic nitrogens is 1. The van der Waals surface area contributed by atoms with Crippen molar-refractivity contribution in [2.45, 2.75) is 39.5 Å². The molecule has 0 radical (unpaired) electrons. The summed E-state index contributed by atoms with van der Waals surface area (Å²) in [7, 11) is 0. The van der Waals surface area contributed by atoms with E-state index in [0.717, 1.165) is 5.69 Å². The minimum absolute atomic E-state index is 0.647. The Morgan fingerprint density at radius 1 is 1.10 bits per heavy atom. The number of pyridine rings is 1. The molecule has 0 aliphatic heterocycles. The second-order valence-corrected chi connectivity index (χ2v) is 6.62. The Bertz CT molecular complexity index is 753. The van der Waals surface area contributed by atoms with Crippen molar-refractivity contribution < 1.29 is 0 Å². The Morgan fingerprint density at radius 2 is 1.90 bits per heavy atom. The van der Waals surface area contributed by atoms with Crippen LogP contribution in [-0.2, 0) is 0 Å². The van der Waals surface area contributed by atoms with E-state index in [0.29, 0.717) is 5.92 Å². The van der Waals surface area contributed by atoms with Crippen molar-refractivity contribution in [3.63, 3.8) is 0 Å². The molecule has 0 amide bonds. The van der Waals surface area contributed by atoms with Gasteiger partial charge in [0.25, 0.3) is 0 Å². The maximum atomic E-state index is 4.65. The minimum Gasteiger partial charge on any atom is -0.255 e. The van der Waals surface area contributed by atoms with Crippen molar-refractivity contribution in [1.29, 1.82) is 0 Å². The van der Waals surface area contributed by atoms with E-state index in [1.807, 2.05) is 6.20 Å². The van der Waals surface area contributed by atoms with Crippen LogP contribution in [0.2, 0.25) is 0 Å². The zero-order valence-electron chi connectivity index (χ0n) is 12.9. The molecule has 1 nitrogen and oxygen atoms in total. The standard InChI is InChI=1S/C19H21NS/c1-4-14(5-2)16-8-13(3)9-17(10-16)18-11-15-6-7-21-19(15)12-20-18/h6-12,14H,4-5H2,1-3H3. The molecule has 3 aromatic rings. The van der Waals surface area contributed by atoms with Crippen molar-refractivity contribution in [2.75, 3.05) is 0 Å². The molecular formula is C19H21NS. The number of hydrogen-bond acceptors (Lipinski definition) is 2. The average molecular weight is 295 g/mol. The molecule has 0 aliphatic carbocycles. The first-order valence-corrected chi connectivity index (χ1v) is 8.54. The van der Waals surface area contributed by atoms with Gasteiger partial charge in [0.15, 0.2) is 0 Å². The molecule has 21 heavy (non-hydrogen) atoms. The van der Waals surface area contributed by atoms with Gasteiger partial charge in [0.1, 0.15) is 0 Å². The number of nitrogens with zero attached hydrogens (tertiary/aromatic N) is 1. The third kappa shape index (κ3) is 2.86. The molecule has 3 rings (SSSR count). The Labute approximate surface area is 130 Å². The van der Waals surface area contributed by atoms with E-state index < -0.39 is 0 Å². The van der Waals surface area contributed by atoms with Gasteiger partial charge in [-0.3, -0.25) is 4.98 Å². The normalized spacial score (nSPS) is 11.4. The van der Waals surface area contributed by atoms with Gasteiger partial charge in [0.2, 0.25) is 0 Å². The predicted octanol–water partition coefficient (Wildman–Crippen LogP) is 6.18. The van der Waals surface area contributed by atoms with Gasteiger partial charge in [-0.15, -0.1) is 11.3 Å². The lowest BCUT2D eigenvalue weighted by Gasteiger charge is -2.15. The summed E-state index contributed by atoms with van der Waals surface area (Å²) in [5, 5.41) is 3.41. The molecule has 2 heterocycles. The monoisotopic (exact) mass is 295 g/mol. The first kappa shape index (κ1) is 14.3. The molecule has 0 fully saturated rings. The van der Waals surface area contributed by atoms with Crippen LogP contribution in [0.15, 0.2) is 41.9 Å². The fourth-order valence-corrected chi connectivity index (χ4v) is 3.72. The van der Waals surface area contributed by atoms with Crippen LogP contribution in [0.3, 0.4) is 0 Å². The average Bonchev–Trinajstić information content (AvgIpc) is 2.95. The largest absolute Gasteiger partial charge is 0.255 e. The summed E-state index contributed by atoms with van der Waals surface area (Å²) in [4.78, 5) is 4.65. The van der Waals surface area contributed by atoms with E-state index in [4.69, 9.17) is 0 Å². The van der Waals surface area contributed by atoms with Gasteiger partial charge >= 0.3 is 0 Å². The number of fused-ring (bicyclic) bond motifs is 1. The van der Waals surface area contributed by atoms with E-state index in [2.05, 4.69) is 61.5 Å². The number of rotatable bonds is 4. The lowest BCUT2D eigenvalue weighted by molar-refractivity contribution is 0.641. The highest BCUT2D eigenvalue weighted by atomic mass is 32.1. The van der Waals surface area contributed by atoms with Crippen LogP contribution < -0.4 is 0 Å². The Hall–Kier alpha value is -1.67. The van der Waals surface area contributed by atoms with Crippen molar-refractivity contribution in [2.24, 2.45) is 0 Å². The zero-order valence-corrected chi connectivity index (χ0v) is 13.7. The molecule has 0 spiro atoms. The van der Waals surface area contributed by atoms with Crippen molar-refractivity contribution in [3.05, 3.63) is 53.0 Å². The second kappa shape index (κ2) is 5.98. The van der Waals surface area contributed by atoms with Crippen LogP contribution in [0.4, 0.5) is 0 Å². The molecule has 0 atom stereocenters. The quantitative estimate of drug-likeness (QED) is 0.560. The van der Waals surface area contributed by atoms with Crippen molar-refractivity contribution >= 4 is 21.4 Å². The number of benzene rings is 1. The maximum absolute atomic E-state index is 4.65. The van der Waals surface area contributed by atoms with Crippen LogP contribution in [-0.4, -0.2) is 4.98 Å². The minimum atomic E-state index is 0.647. The summed E-state index contributed by atoms with van der Waals surface area (Å²) in [6, 6.07) is 11.3. The van der Waals surface area contributed by atoms with E-state index in [9.17, 15) is 0 Å². The summed E-state index contributed by atoms with van der Waals surface area (Å²) in [6.45, 7) is 6.72. The maximum Gasteiger partial charge on any atom is 0.0709 e. The van der Waals surface area contributed by atoms with Crippen molar-refractivity contribution in [3.8, 4) is 11.3 Å². The molecule has 108 valence electrons. The van der Waals surface area contributed by atoms with E-state index in [1.54, 1.807) is 11.3 Å². The molecule has 0 saturated heterocycles. The lowest BCUT2D eigenvalue weighted by Crippen LogP contribution is -1.97. The molecule has 0 saturated carbocycles. The van der Waals surface area contributed by atoms with Crippen LogP contribution in [0.5, 0.6) is 0 Å². The molecule has 2 aromatic heterocycles. The van der Waals surface area contributed by atoms with Gasteiger partial charge in [-0.1, -0.05) is 25.5 Å². The highest BCUT2D eigenvalue weighted by Crippen LogP contribution is 2.30. The molecule has 0 N–H and O–H groups in total. The molecular weight excluding hydrogens is 274 g/mol. The Morgan fingerprint density at radius 3 is 2.67 bits per heavy atom. The zero-order chi connectivity index (χ0) is 14.8. The van der Waals surface area contributed by atoms with Gasteiger partial charge in [-0.05, 0) is 66.3 Å². The smallest absolute Gasteiger partial charge is 0.0709 e. The van der Waals surface area contributed by atoms with Crippen LogP contribution in [0, 0.1) is 6.92 Å². The third-order valence-electron chi connectivity index (χ3n) is 4.19. The number of thiophene rings is 1. The summed E-state index contributed by atoms with van der Waals surface area (Å²) in [5.41, 5.74) is 5.09. The summed E-state index contributed by atoms with van der Waals surface area (Å²) >= 11 is 1.75. The third-order valence-corrected chi connectivity index (χ3v) is 5.06.